The molecule has 1 heterocycles. The van der Waals surface area contributed by atoms with E-state index >= 15 is 0 Å². The second-order valence-electron chi connectivity index (χ2n) is 4.56. The van der Waals surface area contributed by atoms with Crippen molar-refractivity contribution in [1.29, 1.82) is 0 Å². The third-order valence-electron chi connectivity index (χ3n) is 3.10. The zero-order valence-corrected chi connectivity index (χ0v) is 11.6. The molecular formula is C16H11ClN2O2. The van der Waals surface area contributed by atoms with Crippen LogP contribution >= 0.6 is 11.6 Å². The third-order valence-corrected chi connectivity index (χ3v) is 3.35. The summed E-state index contributed by atoms with van der Waals surface area (Å²) in [4.78, 5) is 26.7. The smallest absolute Gasteiger partial charge is 0.272 e. The molecule has 3 rings (SSSR count). The molecule has 5 heteroatoms. The molecule has 0 unspecified atom stereocenters. The molecule has 0 aliphatic heterocycles. The lowest BCUT2D eigenvalue weighted by Crippen LogP contribution is -2.18. The van der Waals surface area contributed by atoms with Crippen LogP contribution in [0.2, 0.25) is 5.02 Å². The van der Waals surface area contributed by atoms with E-state index in [1.807, 2.05) is 6.07 Å². The highest BCUT2D eigenvalue weighted by Gasteiger charge is 2.09. The topological polar surface area (TPSA) is 62.0 Å². The summed E-state index contributed by atoms with van der Waals surface area (Å²) in [6.45, 7) is 0. The lowest BCUT2D eigenvalue weighted by molar-refractivity contribution is 0.102. The van der Waals surface area contributed by atoms with Crippen molar-refractivity contribution < 1.29 is 4.79 Å². The Morgan fingerprint density at radius 1 is 1.05 bits per heavy atom. The van der Waals surface area contributed by atoms with Crippen LogP contribution in [0.15, 0.2) is 59.4 Å². The fourth-order valence-corrected chi connectivity index (χ4v) is 2.19. The average Bonchev–Trinajstić information content (AvgIpc) is 2.49. The van der Waals surface area contributed by atoms with Crippen LogP contribution in [0.1, 0.15) is 10.5 Å². The number of rotatable bonds is 2. The molecule has 0 fully saturated rings. The number of aromatic amines is 1. The first-order chi connectivity index (χ1) is 10.1. The Morgan fingerprint density at radius 2 is 1.76 bits per heavy atom. The summed E-state index contributed by atoms with van der Waals surface area (Å²) in [5.41, 5.74) is 0.543. The van der Waals surface area contributed by atoms with Gasteiger partial charge < -0.3 is 10.3 Å². The van der Waals surface area contributed by atoms with Gasteiger partial charge >= 0.3 is 0 Å². The number of halogens is 1. The maximum absolute atomic E-state index is 12.2. The van der Waals surface area contributed by atoms with Crippen molar-refractivity contribution in [3.8, 4) is 0 Å². The number of aromatic nitrogens is 1. The van der Waals surface area contributed by atoms with E-state index in [-0.39, 0.29) is 17.2 Å². The Kier molecular flexibility index (Phi) is 3.46. The van der Waals surface area contributed by atoms with Gasteiger partial charge in [-0.25, -0.2) is 0 Å². The van der Waals surface area contributed by atoms with E-state index in [4.69, 9.17) is 11.6 Å². The zero-order chi connectivity index (χ0) is 14.8. The van der Waals surface area contributed by atoms with Crippen LogP contribution < -0.4 is 10.9 Å². The van der Waals surface area contributed by atoms with E-state index in [9.17, 15) is 9.59 Å². The van der Waals surface area contributed by atoms with Gasteiger partial charge in [0.05, 0.1) is 0 Å². The SMILES string of the molecule is O=C(Nc1ccc(Cl)cc1)c1cc2ccccc2c(=O)[nH]1. The number of carbonyl (C=O) groups is 1. The third kappa shape index (κ3) is 2.80. The molecule has 21 heavy (non-hydrogen) atoms. The van der Waals surface area contributed by atoms with Crippen molar-refractivity contribution in [2.45, 2.75) is 0 Å². The van der Waals surface area contributed by atoms with Gasteiger partial charge in [0.1, 0.15) is 5.69 Å². The van der Waals surface area contributed by atoms with Crippen molar-refractivity contribution in [3.05, 3.63) is 75.7 Å². The van der Waals surface area contributed by atoms with Crippen LogP contribution in [-0.2, 0) is 0 Å². The van der Waals surface area contributed by atoms with Gasteiger partial charge in [0, 0.05) is 16.1 Å². The average molecular weight is 299 g/mol. The maximum Gasteiger partial charge on any atom is 0.272 e. The fraction of sp³-hybridized carbons (Fsp3) is 0. The summed E-state index contributed by atoms with van der Waals surface area (Å²) < 4.78 is 0. The molecular weight excluding hydrogens is 288 g/mol. The molecule has 0 aliphatic carbocycles. The maximum atomic E-state index is 12.2. The normalized spacial score (nSPS) is 10.5. The van der Waals surface area contributed by atoms with Gasteiger partial charge in [-0.3, -0.25) is 9.59 Å². The number of nitrogens with one attached hydrogen (secondary N) is 2. The van der Waals surface area contributed by atoms with E-state index in [0.29, 0.717) is 16.1 Å². The van der Waals surface area contributed by atoms with Gasteiger partial charge in [-0.1, -0.05) is 29.8 Å². The molecule has 104 valence electrons. The first-order valence-electron chi connectivity index (χ1n) is 6.32. The standard InChI is InChI=1S/C16H11ClN2O2/c17-11-5-7-12(8-6-11)18-16(21)14-9-10-3-1-2-4-13(10)15(20)19-14/h1-9H,(H,18,21)(H,19,20). The van der Waals surface area contributed by atoms with E-state index in [1.54, 1.807) is 48.5 Å². The number of amides is 1. The summed E-state index contributed by atoms with van der Waals surface area (Å²) in [7, 11) is 0. The van der Waals surface area contributed by atoms with Gasteiger partial charge in [-0.15, -0.1) is 0 Å². The van der Waals surface area contributed by atoms with Crippen LogP contribution in [0.5, 0.6) is 0 Å². The number of hydrogen-bond acceptors (Lipinski definition) is 2. The van der Waals surface area contributed by atoms with E-state index in [1.165, 1.54) is 0 Å². The van der Waals surface area contributed by atoms with Crippen molar-refractivity contribution in [3.63, 3.8) is 0 Å². The van der Waals surface area contributed by atoms with Crippen molar-refractivity contribution in [1.82, 2.24) is 4.98 Å². The van der Waals surface area contributed by atoms with Crippen LogP contribution in [0.25, 0.3) is 10.8 Å². The molecule has 2 N–H and O–H groups in total. The van der Waals surface area contributed by atoms with Gasteiger partial charge in [0.25, 0.3) is 11.5 Å². The van der Waals surface area contributed by atoms with Crippen LogP contribution in [0.3, 0.4) is 0 Å². The number of H-pyrrole nitrogens is 1. The van der Waals surface area contributed by atoms with Crippen LogP contribution in [0.4, 0.5) is 5.69 Å². The molecule has 0 saturated heterocycles. The Hall–Kier alpha value is -2.59. The van der Waals surface area contributed by atoms with Gasteiger partial charge in [0.15, 0.2) is 0 Å². The highest BCUT2D eigenvalue weighted by Crippen LogP contribution is 2.15. The summed E-state index contributed by atoms with van der Waals surface area (Å²) >= 11 is 5.79. The minimum Gasteiger partial charge on any atom is -0.321 e. The number of anilines is 1. The predicted octanol–water partition coefficient (Wildman–Crippen LogP) is 3.43. The van der Waals surface area contributed by atoms with Crippen molar-refractivity contribution in [2.24, 2.45) is 0 Å². The summed E-state index contributed by atoms with van der Waals surface area (Å²) in [6, 6.07) is 15.5. The predicted molar refractivity (Wildman–Crippen MR) is 84.0 cm³/mol. The van der Waals surface area contributed by atoms with Gasteiger partial charge in [-0.2, -0.15) is 0 Å². The molecule has 0 aliphatic rings. The zero-order valence-electron chi connectivity index (χ0n) is 10.9. The minimum absolute atomic E-state index is 0.216. The Balaban J connectivity index is 1.94. The van der Waals surface area contributed by atoms with Crippen LogP contribution in [-0.4, -0.2) is 10.9 Å². The van der Waals surface area contributed by atoms with Gasteiger partial charge in [0.2, 0.25) is 0 Å². The Bertz CT molecular complexity index is 869. The fourth-order valence-electron chi connectivity index (χ4n) is 2.06. The molecule has 0 spiro atoms. The minimum atomic E-state index is -0.375. The molecule has 2 aromatic carbocycles. The van der Waals surface area contributed by atoms with Crippen molar-refractivity contribution >= 4 is 34.0 Å². The lowest BCUT2D eigenvalue weighted by Gasteiger charge is -2.06. The van der Waals surface area contributed by atoms with E-state index in [0.717, 1.165) is 5.39 Å². The second-order valence-corrected chi connectivity index (χ2v) is 5.00. The monoisotopic (exact) mass is 298 g/mol. The molecule has 1 amide bonds. The largest absolute Gasteiger partial charge is 0.321 e. The first kappa shape index (κ1) is 13.4. The summed E-state index contributed by atoms with van der Waals surface area (Å²) in [5, 5.41) is 4.58. The number of benzene rings is 2. The van der Waals surface area contributed by atoms with E-state index < -0.39 is 0 Å². The molecule has 4 nitrogen and oxygen atoms in total. The number of carbonyl (C=O) groups excluding carboxylic acids is 1. The van der Waals surface area contributed by atoms with Gasteiger partial charge in [-0.05, 0) is 41.8 Å². The molecule has 0 radical (unpaired) electrons. The Labute approximate surface area is 125 Å². The summed E-state index contributed by atoms with van der Waals surface area (Å²) in [5.74, 6) is -0.375. The molecule has 0 atom stereocenters. The molecule has 0 saturated carbocycles. The lowest BCUT2D eigenvalue weighted by atomic mass is 10.1. The van der Waals surface area contributed by atoms with Crippen molar-refractivity contribution in [2.75, 3.05) is 5.32 Å². The van der Waals surface area contributed by atoms with E-state index in [2.05, 4.69) is 10.3 Å². The number of hydrogen-bond donors (Lipinski definition) is 2. The summed E-state index contributed by atoms with van der Waals surface area (Å²) in [6.07, 6.45) is 0. The Morgan fingerprint density at radius 3 is 2.52 bits per heavy atom. The van der Waals surface area contributed by atoms with Crippen LogP contribution in [0, 0.1) is 0 Å². The highest BCUT2D eigenvalue weighted by molar-refractivity contribution is 6.30. The second kappa shape index (κ2) is 5.42. The number of fused-ring (bicyclic) bond motifs is 1. The number of pyridine rings is 1. The molecule has 1 aromatic heterocycles. The molecule has 0 bridgehead atoms. The highest BCUT2D eigenvalue weighted by atomic mass is 35.5. The quantitative estimate of drug-likeness (QED) is 0.761. The first-order valence-corrected chi connectivity index (χ1v) is 6.70. The molecule has 3 aromatic rings.